The van der Waals surface area contributed by atoms with Gasteiger partial charge >= 0.3 is 0 Å². The lowest BCUT2D eigenvalue weighted by Gasteiger charge is -2.40. The highest BCUT2D eigenvalue weighted by Crippen LogP contribution is 2.30. The molecular formula is C16H19NO2. The van der Waals surface area contributed by atoms with Crippen molar-refractivity contribution in [2.45, 2.75) is 50.3 Å². The maximum Gasteiger partial charge on any atom is 0.134 e. The van der Waals surface area contributed by atoms with E-state index in [4.69, 9.17) is 9.15 Å². The molecule has 3 heterocycles. The molecule has 3 heteroatoms. The summed E-state index contributed by atoms with van der Waals surface area (Å²) < 4.78 is 11.5. The van der Waals surface area contributed by atoms with Crippen LogP contribution < -0.4 is 10.1 Å². The average Bonchev–Trinajstić information content (AvgIpc) is 2.85. The zero-order valence-corrected chi connectivity index (χ0v) is 11.0. The molecule has 2 aliphatic heterocycles. The van der Waals surface area contributed by atoms with E-state index in [-0.39, 0.29) is 0 Å². The Morgan fingerprint density at radius 1 is 1.11 bits per heavy atom. The van der Waals surface area contributed by atoms with Gasteiger partial charge in [0.1, 0.15) is 17.4 Å². The van der Waals surface area contributed by atoms with Crippen LogP contribution in [0.1, 0.15) is 32.1 Å². The van der Waals surface area contributed by atoms with E-state index in [1.165, 1.54) is 19.3 Å². The highest BCUT2D eigenvalue weighted by Gasteiger charge is 2.32. The standard InChI is InChI=1S/C16H19NO2/c1-2-12-9-15(10-13(3-1)17-12)19-14-4-5-16-11(8-14)6-7-18-16/h4-8,12-13,15,17H,1-3,9-10H2/t12-,13+,15-. The third-order valence-electron chi connectivity index (χ3n) is 4.40. The predicted molar refractivity (Wildman–Crippen MR) is 74.4 cm³/mol. The topological polar surface area (TPSA) is 34.4 Å². The minimum atomic E-state index is 0.362. The number of hydrogen-bond donors (Lipinski definition) is 1. The van der Waals surface area contributed by atoms with Gasteiger partial charge < -0.3 is 14.5 Å². The summed E-state index contributed by atoms with van der Waals surface area (Å²) in [5.74, 6) is 0.971. The van der Waals surface area contributed by atoms with Crippen molar-refractivity contribution in [2.24, 2.45) is 0 Å². The maximum atomic E-state index is 6.19. The summed E-state index contributed by atoms with van der Waals surface area (Å²) in [5, 5.41) is 4.82. The quantitative estimate of drug-likeness (QED) is 0.894. The largest absolute Gasteiger partial charge is 0.490 e. The third-order valence-corrected chi connectivity index (χ3v) is 4.40. The van der Waals surface area contributed by atoms with Crippen LogP contribution in [0.4, 0.5) is 0 Å². The second kappa shape index (κ2) is 4.57. The van der Waals surface area contributed by atoms with Crippen LogP contribution in [-0.4, -0.2) is 18.2 Å². The molecule has 19 heavy (non-hydrogen) atoms. The smallest absolute Gasteiger partial charge is 0.134 e. The number of furan rings is 1. The van der Waals surface area contributed by atoms with Gasteiger partial charge in [-0.1, -0.05) is 6.42 Å². The lowest BCUT2D eigenvalue weighted by atomic mass is 9.85. The third kappa shape index (κ3) is 2.23. The van der Waals surface area contributed by atoms with E-state index >= 15 is 0 Å². The van der Waals surface area contributed by atoms with Crippen molar-refractivity contribution >= 4 is 11.0 Å². The van der Waals surface area contributed by atoms with E-state index < -0.39 is 0 Å². The molecule has 1 aromatic carbocycles. The van der Waals surface area contributed by atoms with Crippen LogP contribution in [0.2, 0.25) is 0 Å². The number of fused-ring (bicyclic) bond motifs is 3. The fraction of sp³-hybridized carbons (Fsp3) is 0.500. The van der Waals surface area contributed by atoms with Crippen molar-refractivity contribution in [1.29, 1.82) is 0 Å². The molecule has 0 amide bonds. The number of rotatable bonds is 2. The Morgan fingerprint density at radius 2 is 1.95 bits per heavy atom. The van der Waals surface area contributed by atoms with Crippen molar-refractivity contribution < 1.29 is 9.15 Å². The molecule has 2 bridgehead atoms. The lowest BCUT2D eigenvalue weighted by Crippen LogP contribution is -2.51. The Labute approximate surface area is 112 Å². The van der Waals surface area contributed by atoms with Gasteiger partial charge in [0, 0.05) is 17.5 Å². The van der Waals surface area contributed by atoms with Crippen molar-refractivity contribution in [2.75, 3.05) is 0 Å². The zero-order valence-electron chi connectivity index (χ0n) is 11.0. The van der Waals surface area contributed by atoms with Crippen LogP contribution in [0.15, 0.2) is 34.9 Å². The Bertz CT molecular complexity index is 565. The number of piperidine rings is 2. The first kappa shape index (κ1) is 11.4. The van der Waals surface area contributed by atoms with Crippen LogP contribution in [-0.2, 0) is 0 Å². The van der Waals surface area contributed by atoms with Gasteiger partial charge in [-0.15, -0.1) is 0 Å². The van der Waals surface area contributed by atoms with Gasteiger partial charge in [0.15, 0.2) is 0 Å². The minimum Gasteiger partial charge on any atom is -0.490 e. The SMILES string of the molecule is c1cc2cc(O[C@@H]3C[C@H]4CCC[C@@H](C3)N4)ccc2o1. The monoisotopic (exact) mass is 257 g/mol. The fourth-order valence-corrected chi connectivity index (χ4v) is 3.52. The molecule has 2 aromatic rings. The Balaban J connectivity index is 1.51. The number of hydrogen-bond acceptors (Lipinski definition) is 3. The minimum absolute atomic E-state index is 0.362. The first-order valence-electron chi connectivity index (χ1n) is 7.27. The summed E-state index contributed by atoms with van der Waals surface area (Å²) in [7, 11) is 0. The first-order valence-corrected chi connectivity index (χ1v) is 7.27. The molecule has 0 radical (unpaired) electrons. The molecular weight excluding hydrogens is 238 g/mol. The summed E-state index contributed by atoms with van der Waals surface area (Å²) >= 11 is 0. The van der Waals surface area contributed by atoms with Crippen LogP contribution >= 0.6 is 0 Å². The van der Waals surface area contributed by atoms with Crippen LogP contribution in [0.5, 0.6) is 5.75 Å². The van der Waals surface area contributed by atoms with E-state index in [0.717, 1.165) is 29.6 Å². The van der Waals surface area contributed by atoms with Crippen molar-refractivity contribution in [3.8, 4) is 5.75 Å². The lowest BCUT2D eigenvalue weighted by molar-refractivity contribution is 0.0928. The van der Waals surface area contributed by atoms with E-state index in [1.54, 1.807) is 6.26 Å². The molecule has 100 valence electrons. The van der Waals surface area contributed by atoms with Crippen molar-refractivity contribution in [3.63, 3.8) is 0 Å². The predicted octanol–water partition coefficient (Wildman–Crippen LogP) is 3.48. The van der Waals surface area contributed by atoms with Gasteiger partial charge in [0.2, 0.25) is 0 Å². The molecule has 0 spiro atoms. The Kier molecular flexibility index (Phi) is 2.73. The number of ether oxygens (including phenoxy) is 1. The summed E-state index contributed by atoms with van der Waals surface area (Å²) in [6.45, 7) is 0. The molecule has 0 saturated carbocycles. The fourth-order valence-electron chi connectivity index (χ4n) is 3.52. The second-order valence-corrected chi connectivity index (χ2v) is 5.82. The second-order valence-electron chi connectivity index (χ2n) is 5.82. The zero-order chi connectivity index (χ0) is 12.7. The molecule has 3 atom stereocenters. The summed E-state index contributed by atoms with van der Waals surface area (Å²) in [6.07, 6.45) is 8.34. The molecule has 3 nitrogen and oxygen atoms in total. The molecule has 1 N–H and O–H groups in total. The molecule has 2 aliphatic rings. The van der Waals surface area contributed by atoms with Gasteiger partial charge in [0.05, 0.1) is 6.26 Å². The molecule has 0 aliphatic carbocycles. The normalized spacial score (nSPS) is 30.4. The Morgan fingerprint density at radius 3 is 2.79 bits per heavy atom. The van der Waals surface area contributed by atoms with Gasteiger partial charge in [-0.25, -0.2) is 0 Å². The summed E-state index contributed by atoms with van der Waals surface area (Å²) in [6, 6.07) is 9.40. The van der Waals surface area contributed by atoms with Crippen LogP contribution in [0.25, 0.3) is 11.0 Å². The van der Waals surface area contributed by atoms with Gasteiger partial charge in [-0.3, -0.25) is 0 Å². The summed E-state index contributed by atoms with van der Waals surface area (Å²) in [5.41, 5.74) is 0.925. The number of benzene rings is 1. The highest BCUT2D eigenvalue weighted by atomic mass is 16.5. The van der Waals surface area contributed by atoms with Gasteiger partial charge in [-0.05, 0) is 49.9 Å². The highest BCUT2D eigenvalue weighted by molar-refractivity contribution is 5.78. The molecule has 1 aromatic heterocycles. The first-order chi connectivity index (χ1) is 9.37. The molecule has 0 unspecified atom stereocenters. The van der Waals surface area contributed by atoms with E-state index in [2.05, 4.69) is 11.4 Å². The van der Waals surface area contributed by atoms with Gasteiger partial charge in [0.25, 0.3) is 0 Å². The van der Waals surface area contributed by atoms with Crippen LogP contribution in [0, 0.1) is 0 Å². The van der Waals surface area contributed by atoms with Gasteiger partial charge in [-0.2, -0.15) is 0 Å². The van der Waals surface area contributed by atoms with Crippen molar-refractivity contribution in [1.82, 2.24) is 5.32 Å². The maximum absolute atomic E-state index is 6.19. The summed E-state index contributed by atoms with van der Waals surface area (Å²) in [4.78, 5) is 0. The van der Waals surface area contributed by atoms with Crippen LogP contribution in [0.3, 0.4) is 0 Å². The molecule has 4 rings (SSSR count). The molecule has 2 saturated heterocycles. The Hall–Kier alpha value is -1.48. The number of nitrogens with one attached hydrogen (secondary N) is 1. The van der Waals surface area contributed by atoms with E-state index in [0.29, 0.717) is 18.2 Å². The average molecular weight is 257 g/mol. The van der Waals surface area contributed by atoms with E-state index in [9.17, 15) is 0 Å². The molecule has 2 fully saturated rings. The van der Waals surface area contributed by atoms with E-state index in [1.807, 2.05) is 18.2 Å². The van der Waals surface area contributed by atoms with Crippen molar-refractivity contribution in [3.05, 3.63) is 30.5 Å².